The van der Waals surface area contributed by atoms with E-state index in [4.69, 9.17) is 34.2 Å². The predicted octanol–water partition coefficient (Wildman–Crippen LogP) is 6.12. The lowest BCUT2D eigenvalue weighted by Gasteiger charge is -2.59. The summed E-state index contributed by atoms with van der Waals surface area (Å²) in [5.74, 6) is -3.07. The van der Waals surface area contributed by atoms with Crippen LogP contribution < -0.4 is 5.73 Å². The van der Waals surface area contributed by atoms with Gasteiger partial charge in [-0.05, 0) is 85.4 Å². The predicted molar refractivity (Wildman–Crippen MR) is 215 cm³/mol. The molecule has 0 spiro atoms. The molecule has 12 nitrogen and oxygen atoms in total. The lowest BCUT2D eigenvalue weighted by atomic mass is 9.46. The lowest BCUT2D eigenvalue weighted by molar-refractivity contribution is -0.273. The van der Waals surface area contributed by atoms with Gasteiger partial charge in [0.15, 0.2) is 29.7 Å². The van der Waals surface area contributed by atoms with Crippen LogP contribution in [0.4, 0.5) is 10.1 Å². The van der Waals surface area contributed by atoms with E-state index < -0.39 is 83.6 Å². The number of anilines is 1. The number of carbonyl (C=O) groups is 4. The Morgan fingerprint density at radius 3 is 2.43 bits per heavy atom. The molecule has 322 valence electrons. The molecule has 2 saturated heterocycles. The molecule has 8 rings (SSSR count). The second-order valence-electron chi connectivity index (χ2n) is 18.4. The monoisotopic (exact) mass is 829 g/mol. The number of ketones is 2. The first kappa shape index (κ1) is 42.4. The summed E-state index contributed by atoms with van der Waals surface area (Å²) < 4.78 is 53.3. The van der Waals surface area contributed by atoms with E-state index in [1.54, 1.807) is 30.4 Å². The van der Waals surface area contributed by atoms with Gasteiger partial charge in [-0.1, -0.05) is 63.6 Å². The number of nitrogens with two attached hydrogens (primary N) is 1. The topological polar surface area (TPSA) is 170 Å². The van der Waals surface area contributed by atoms with Crippen LogP contribution >= 0.6 is 0 Å². The van der Waals surface area contributed by atoms with Gasteiger partial charge in [-0.2, -0.15) is 0 Å². The highest BCUT2D eigenvalue weighted by molar-refractivity contribution is 6.01. The molecule has 5 fully saturated rings. The molecule has 0 unspecified atom stereocenters. The number of aliphatic hydroxyl groups is 1. The number of Topliss-reactive ketones (excluding diaryl/α,β-unsaturated/α-hetero) is 1. The van der Waals surface area contributed by atoms with Crippen molar-refractivity contribution < 1.29 is 57.1 Å². The summed E-state index contributed by atoms with van der Waals surface area (Å²) >= 11 is 0. The van der Waals surface area contributed by atoms with Crippen LogP contribution in [0.15, 0.2) is 66.3 Å². The molecular formula is C47H56FNO11. The minimum atomic E-state index is -1.64. The van der Waals surface area contributed by atoms with E-state index in [2.05, 4.69) is 6.92 Å². The average molecular weight is 830 g/mol. The number of ether oxygens (including phenoxy) is 6. The SMILES string of the molecule is CC(=O)OC[C@H]1O[C@@H](OCC(=O)[C@@]23O[C@H](c4ccc(Cc5ccc(N)cc5)cc4F)O[C@@H]2C[C@H]2[C@@H]4CCC5=CC(=O)C=C[C@]5(C)[C@H]4[C@@H](O)C[C@@]23C)[C@H](C)[C@@H](C)[C@@H]1OC(C)=O. The Bertz CT molecular complexity index is 2100. The quantitative estimate of drug-likeness (QED) is 0.208. The first-order chi connectivity index (χ1) is 28.4. The van der Waals surface area contributed by atoms with E-state index in [1.807, 2.05) is 45.0 Å². The van der Waals surface area contributed by atoms with Crippen LogP contribution in [0.3, 0.4) is 0 Å². The molecule has 0 bridgehead atoms. The Balaban J connectivity index is 1.10. The van der Waals surface area contributed by atoms with E-state index >= 15 is 9.18 Å². The normalized spacial score (nSPS) is 39.2. The Kier molecular flexibility index (Phi) is 11.2. The summed E-state index contributed by atoms with van der Waals surface area (Å²) in [6.07, 6.45) is 2.33. The molecule has 2 aromatic carbocycles. The van der Waals surface area contributed by atoms with Crippen molar-refractivity contribution in [1.82, 2.24) is 0 Å². The van der Waals surface area contributed by atoms with Crippen molar-refractivity contribution in [3.63, 3.8) is 0 Å². The third kappa shape index (κ3) is 7.13. The number of allylic oxidation sites excluding steroid dienone is 4. The van der Waals surface area contributed by atoms with E-state index in [1.165, 1.54) is 19.9 Å². The van der Waals surface area contributed by atoms with Gasteiger partial charge in [0.25, 0.3) is 0 Å². The van der Waals surface area contributed by atoms with Crippen molar-refractivity contribution in [3.05, 3.63) is 88.8 Å². The van der Waals surface area contributed by atoms with Crippen molar-refractivity contribution in [2.24, 2.45) is 40.4 Å². The zero-order valence-corrected chi connectivity index (χ0v) is 35.1. The molecule has 2 heterocycles. The fourth-order valence-electron chi connectivity index (χ4n) is 11.9. The third-order valence-electron chi connectivity index (χ3n) is 14.9. The maximum Gasteiger partial charge on any atom is 0.303 e. The Morgan fingerprint density at radius 2 is 1.73 bits per heavy atom. The highest BCUT2D eigenvalue weighted by Gasteiger charge is 2.76. The largest absolute Gasteiger partial charge is 0.463 e. The fraction of sp³-hybridized carbons (Fsp3) is 0.574. The summed E-state index contributed by atoms with van der Waals surface area (Å²) in [5, 5.41) is 12.3. The van der Waals surface area contributed by atoms with Crippen molar-refractivity contribution >= 4 is 29.2 Å². The van der Waals surface area contributed by atoms with Crippen LogP contribution in [0, 0.1) is 46.2 Å². The number of carbonyl (C=O) groups excluding carboxylic acids is 4. The van der Waals surface area contributed by atoms with Crippen molar-refractivity contribution in [3.8, 4) is 0 Å². The van der Waals surface area contributed by atoms with Crippen LogP contribution in [-0.4, -0.2) is 78.1 Å². The molecular weight excluding hydrogens is 774 g/mol. The van der Waals surface area contributed by atoms with Crippen molar-refractivity contribution in [2.75, 3.05) is 18.9 Å². The van der Waals surface area contributed by atoms with E-state index in [0.29, 0.717) is 31.4 Å². The van der Waals surface area contributed by atoms with E-state index in [9.17, 15) is 19.5 Å². The van der Waals surface area contributed by atoms with Crippen LogP contribution in [0.1, 0.15) is 90.2 Å². The fourth-order valence-corrected chi connectivity index (χ4v) is 11.9. The van der Waals surface area contributed by atoms with Crippen molar-refractivity contribution in [2.45, 2.75) is 116 Å². The number of rotatable bonds is 10. The molecule has 0 radical (unpaired) electrons. The number of hydrogen-bond acceptors (Lipinski definition) is 12. The zero-order chi connectivity index (χ0) is 42.9. The summed E-state index contributed by atoms with van der Waals surface area (Å²) in [6.45, 7) is 9.75. The molecule has 14 atom stereocenters. The van der Waals surface area contributed by atoms with Gasteiger partial charge in [-0.25, -0.2) is 4.39 Å². The molecule has 0 amide bonds. The van der Waals surface area contributed by atoms with E-state index in [0.717, 1.165) is 16.7 Å². The van der Waals surface area contributed by atoms with Gasteiger partial charge in [-0.15, -0.1) is 0 Å². The van der Waals surface area contributed by atoms with Gasteiger partial charge in [0.1, 0.15) is 31.2 Å². The molecule has 2 aromatic rings. The molecule has 60 heavy (non-hydrogen) atoms. The van der Waals surface area contributed by atoms with Crippen LogP contribution in [0.5, 0.6) is 0 Å². The second-order valence-corrected chi connectivity index (χ2v) is 18.4. The molecule has 13 heteroatoms. The summed E-state index contributed by atoms with van der Waals surface area (Å²) in [7, 11) is 0. The molecule has 0 aromatic heterocycles. The van der Waals surface area contributed by atoms with Crippen LogP contribution in [0.2, 0.25) is 0 Å². The average Bonchev–Trinajstić information content (AvgIpc) is 3.69. The molecule has 2 aliphatic heterocycles. The Hall–Kier alpha value is -4.27. The third-order valence-corrected chi connectivity index (χ3v) is 14.9. The number of hydrogen-bond donors (Lipinski definition) is 2. The zero-order valence-electron chi connectivity index (χ0n) is 35.1. The number of aliphatic hydroxyl groups excluding tert-OH is 1. The standard InChI is InChI=1S/C47H56FNO11/c1-24-25(2)43(58-38(22-55-26(3)50)42(24)57-27(4)51)56-23-39(54)47-40(59-44(60-47)34-13-9-29(18-36(34)48)17-28-7-11-31(49)12-8-28)20-35-33-14-10-30-19-32(52)15-16-45(30,5)41(33)37(53)21-46(35,47)6/h7-9,11-13,15-16,18-19,24-25,33,35,37-38,40-44,53H,10,14,17,20-23,49H2,1-6H3/t24-,25-,33+,35+,37+,38-,40-,41-,42+,43-,44-,45+,46+,47-/m1/s1. The molecule has 3 saturated carbocycles. The number of esters is 2. The molecule has 6 aliphatic rings. The Labute approximate surface area is 349 Å². The molecule has 3 N–H and O–H groups in total. The number of nitrogen functional groups attached to an aromatic ring is 1. The van der Waals surface area contributed by atoms with Gasteiger partial charge in [0.2, 0.25) is 0 Å². The number of benzene rings is 2. The maximum atomic E-state index is 16.2. The smallest absolute Gasteiger partial charge is 0.303 e. The second kappa shape index (κ2) is 15.9. The van der Waals surface area contributed by atoms with Crippen LogP contribution in [0.25, 0.3) is 0 Å². The highest BCUT2D eigenvalue weighted by atomic mass is 19.1. The summed E-state index contributed by atoms with van der Waals surface area (Å²) in [5.41, 5.74) is 6.24. The summed E-state index contributed by atoms with van der Waals surface area (Å²) in [6, 6.07) is 12.3. The molecule has 4 aliphatic carbocycles. The van der Waals surface area contributed by atoms with Gasteiger partial charge in [0.05, 0.1) is 12.2 Å². The van der Waals surface area contributed by atoms with Crippen LogP contribution in [-0.2, 0) is 54.0 Å². The maximum absolute atomic E-state index is 16.2. The number of halogens is 1. The number of fused-ring (bicyclic) bond motifs is 7. The minimum Gasteiger partial charge on any atom is -0.463 e. The van der Waals surface area contributed by atoms with E-state index in [-0.39, 0.29) is 54.0 Å². The minimum absolute atomic E-state index is 0.0345. The van der Waals surface area contributed by atoms with Crippen molar-refractivity contribution in [1.29, 1.82) is 0 Å². The highest BCUT2D eigenvalue weighted by Crippen LogP contribution is 2.70. The van der Waals surface area contributed by atoms with Gasteiger partial charge in [-0.3, -0.25) is 19.2 Å². The first-order valence-electron chi connectivity index (χ1n) is 21.1. The van der Waals surface area contributed by atoms with Gasteiger partial charge < -0.3 is 39.3 Å². The summed E-state index contributed by atoms with van der Waals surface area (Å²) in [4.78, 5) is 51.5. The van der Waals surface area contributed by atoms with Gasteiger partial charge >= 0.3 is 11.9 Å². The Morgan fingerprint density at radius 1 is 1.00 bits per heavy atom. The van der Waals surface area contributed by atoms with Gasteiger partial charge in [0, 0.05) is 53.7 Å². The lowest BCUT2D eigenvalue weighted by Crippen LogP contribution is -2.63. The first-order valence-corrected chi connectivity index (χ1v) is 21.1.